The van der Waals surface area contributed by atoms with Crippen LogP contribution < -0.4 is 0 Å². The number of carbonyl (C=O) groups is 2. The van der Waals surface area contributed by atoms with Gasteiger partial charge in [-0.3, -0.25) is 9.59 Å². The summed E-state index contributed by atoms with van der Waals surface area (Å²) in [5, 5.41) is 8.80. The second-order valence-corrected chi connectivity index (χ2v) is 8.64. The van der Waals surface area contributed by atoms with Crippen molar-refractivity contribution in [3.8, 4) is 11.8 Å². The van der Waals surface area contributed by atoms with Crippen molar-refractivity contribution in [1.29, 1.82) is 0 Å². The van der Waals surface area contributed by atoms with Crippen LogP contribution in [0.5, 0.6) is 0 Å². The zero-order valence-electron chi connectivity index (χ0n) is 20.4. The Kier molecular flexibility index (Phi) is 22.0. The number of carboxylic acid groups (broad SMARTS) is 1. The molecule has 0 radical (unpaired) electrons. The zero-order chi connectivity index (χ0) is 23.0. The molecule has 0 aliphatic carbocycles. The molecule has 0 spiro atoms. The Morgan fingerprint density at radius 2 is 1.29 bits per heavy atom. The Bertz CT molecular complexity index is 489. The molecule has 180 valence electrons. The summed E-state index contributed by atoms with van der Waals surface area (Å²) in [6.07, 6.45) is 20.4. The second kappa shape index (κ2) is 23.2. The summed E-state index contributed by atoms with van der Waals surface area (Å²) in [4.78, 5) is 22.2. The Labute approximate surface area is 191 Å². The van der Waals surface area contributed by atoms with E-state index >= 15 is 0 Å². The van der Waals surface area contributed by atoms with Gasteiger partial charge in [-0.05, 0) is 39.0 Å². The molecule has 0 rings (SSSR count). The first-order chi connectivity index (χ1) is 15.1. The summed E-state index contributed by atoms with van der Waals surface area (Å²) in [6, 6.07) is 0. The minimum atomic E-state index is -0.724. The molecule has 0 aliphatic heterocycles. The van der Waals surface area contributed by atoms with Gasteiger partial charge in [-0.25, -0.2) is 0 Å². The topological polar surface area (TPSA) is 63.6 Å². The van der Waals surface area contributed by atoms with Crippen molar-refractivity contribution in [3.05, 3.63) is 0 Å². The van der Waals surface area contributed by atoms with Crippen LogP contribution in [-0.4, -0.2) is 23.7 Å². The number of hydrogen-bond donors (Lipinski definition) is 1. The van der Waals surface area contributed by atoms with Gasteiger partial charge >= 0.3 is 11.9 Å². The second-order valence-electron chi connectivity index (χ2n) is 8.64. The van der Waals surface area contributed by atoms with Crippen molar-refractivity contribution in [2.45, 2.75) is 136 Å². The number of carbonyl (C=O) groups excluding carboxylic acids is 1. The standard InChI is InChI=1S/C27H48O4/c1-3-5-6-7-8-9-10-11-12-13-14-15-20-25(21-16-18-23-26(28)29)22-17-19-24-27(30)31-4-2/h25H,3-14,16-19,21-24H2,1-2H3,(H,28,29). The quantitative estimate of drug-likeness (QED) is 0.114. The summed E-state index contributed by atoms with van der Waals surface area (Å²) >= 11 is 0. The predicted molar refractivity (Wildman–Crippen MR) is 129 cm³/mol. The van der Waals surface area contributed by atoms with Crippen molar-refractivity contribution < 1.29 is 19.4 Å². The summed E-state index contributed by atoms with van der Waals surface area (Å²) < 4.78 is 4.98. The van der Waals surface area contributed by atoms with Gasteiger partial charge in [0.2, 0.25) is 0 Å². The molecule has 0 aromatic rings. The Morgan fingerprint density at radius 1 is 0.742 bits per heavy atom. The van der Waals surface area contributed by atoms with Gasteiger partial charge in [0, 0.05) is 25.2 Å². The number of hydrogen-bond acceptors (Lipinski definition) is 3. The number of esters is 1. The number of rotatable bonds is 21. The summed E-state index contributed by atoms with van der Waals surface area (Å²) in [5.41, 5.74) is 0. The van der Waals surface area contributed by atoms with Crippen LogP contribution in [0.3, 0.4) is 0 Å². The highest BCUT2D eigenvalue weighted by molar-refractivity contribution is 5.69. The predicted octanol–water partition coefficient (Wildman–Crippen LogP) is 7.69. The van der Waals surface area contributed by atoms with Gasteiger partial charge in [0.1, 0.15) is 0 Å². The highest BCUT2D eigenvalue weighted by Crippen LogP contribution is 2.18. The average molecular weight is 437 g/mol. The lowest BCUT2D eigenvalue weighted by molar-refractivity contribution is -0.143. The van der Waals surface area contributed by atoms with Crippen LogP contribution in [0.25, 0.3) is 0 Å². The van der Waals surface area contributed by atoms with Gasteiger partial charge in [0.05, 0.1) is 6.61 Å². The van der Waals surface area contributed by atoms with E-state index in [9.17, 15) is 9.59 Å². The molecule has 0 amide bonds. The third-order valence-corrected chi connectivity index (χ3v) is 5.64. The average Bonchev–Trinajstić information content (AvgIpc) is 2.74. The summed E-state index contributed by atoms with van der Waals surface area (Å²) in [7, 11) is 0. The van der Waals surface area contributed by atoms with Crippen molar-refractivity contribution in [2.75, 3.05) is 6.61 Å². The molecule has 31 heavy (non-hydrogen) atoms. The van der Waals surface area contributed by atoms with E-state index in [0.29, 0.717) is 18.9 Å². The van der Waals surface area contributed by atoms with E-state index in [4.69, 9.17) is 9.84 Å². The summed E-state index contributed by atoms with van der Waals surface area (Å²) in [5.74, 6) is 6.29. The molecular formula is C27H48O4. The molecule has 0 aliphatic rings. The van der Waals surface area contributed by atoms with Gasteiger partial charge in [-0.2, -0.15) is 0 Å². The van der Waals surface area contributed by atoms with E-state index in [1.165, 1.54) is 64.2 Å². The molecule has 1 atom stereocenters. The molecule has 4 nitrogen and oxygen atoms in total. The van der Waals surface area contributed by atoms with Crippen LogP contribution in [0, 0.1) is 17.8 Å². The van der Waals surface area contributed by atoms with E-state index in [1.807, 2.05) is 6.92 Å². The fourth-order valence-electron chi connectivity index (χ4n) is 3.77. The maximum Gasteiger partial charge on any atom is 0.305 e. The number of unbranched alkanes of at least 4 members (excludes halogenated alkanes) is 12. The zero-order valence-corrected chi connectivity index (χ0v) is 20.4. The number of ether oxygens (including phenoxy) is 1. The Balaban J connectivity index is 3.99. The Hall–Kier alpha value is -1.50. The first kappa shape index (κ1) is 29.5. The number of carboxylic acids is 1. The van der Waals surface area contributed by atoms with Crippen LogP contribution in [0.2, 0.25) is 0 Å². The molecule has 1 N–H and O–H groups in total. The molecule has 1 unspecified atom stereocenters. The lowest BCUT2D eigenvalue weighted by Gasteiger charge is -2.10. The van der Waals surface area contributed by atoms with Gasteiger partial charge < -0.3 is 9.84 Å². The normalized spacial score (nSPS) is 11.5. The number of aliphatic carboxylic acids is 1. The van der Waals surface area contributed by atoms with Crippen LogP contribution in [0.15, 0.2) is 0 Å². The van der Waals surface area contributed by atoms with E-state index in [1.54, 1.807) is 0 Å². The van der Waals surface area contributed by atoms with Crippen LogP contribution >= 0.6 is 0 Å². The molecule has 0 aromatic carbocycles. The highest BCUT2D eigenvalue weighted by Gasteiger charge is 2.08. The van der Waals surface area contributed by atoms with Crippen LogP contribution in [0.1, 0.15) is 136 Å². The molecule has 0 aromatic heterocycles. The molecule has 0 fully saturated rings. The molecular weight excluding hydrogens is 388 g/mol. The lowest BCUT2D eigenvalue weighted by Crippen LogP contribution is -2.04. The van der Waals surface area contributed by atoms with Gasteiger partial charge in [0.15, 0.2) is 0 Å². The van der Waals surface area contributed by atoms with Crippen molar-refractivity contribution in [3.63, 3.8) is 0 Å². The molecule has 0 saturated heterocycles. The first-order valence-corrected chi connectivity index (χ1v) is 13.0. The van der Waals surface area contributed by atoms with Gasteiger partial charge in [0.25, 0.3) is 0 Å². The van der Waals surface area contributed by atoms with Crippen LogP contribution in [0.4, 0.5) is 0 Å². The first-order valence-electron chi connectivity index (χ1n) is 13.0. The largest absolute Gasteiger partial charge is 0.481 e. The third kappa shape index (κ3) is 23.0. The third-order valence-electron chi connectivity index (χ3n) is 5.64. The maximum atomic E-state index is 11.5. The lowest BCUT2D eigenvalue weighted by atomic mass is 9.95. The van der Waals surface area contributed by atoms with Gasteiger partial charge in [-0.1, -0.05) is 83.5 Å². The molecule has 0 heterocycles. The van der Waals surface area contributed by atoms with Crippen molar-refractivity contribution >= 4 is 11.9 Å². The Morgan fingerprint density at radius 3 is 1.84 bits per heavy atom. The van der Waals surface area contributed by atoms with Crippen LogP contribution in [-0.2, 0) is 14.3 Å². The molecule has 4 heteroatoms. The molecule has 0 saturated carbocycles. The van der Waals surface area contributed by atoms with Crippen molar-refractivity contribution in [2.24, 2.45) is 5.92 Å². The SMILES string of the molecule is CCCCCCCCCCCCC#CC(CCCCC(=O)O)CCCCC(=O)OCC. The minimum Gasteiger partial charge on any atom is -0.481 e. The maximum absolute atomic E-state index is 11.5. The fourth-order valence-corrected chi connectivity index (χ4v) is 3.77. The molecule has 0 bridgehead atoms. The fraction of sp³-hybridized carbons (Fsp3) is 0.852. The van der Waals surface area contributed by atoms with E-state index in [-0.39, 0.29) is 12.4 Å². The summed E-state index contributed by atoms with van der Waals surface area (Å²) in [6.45, 7) is 4.53. The minimum absolute atomic E-state index is 0.118. The van der Waals surface area contributed by atoms with E-state index in [0.717, 1.165) is 44.9 Å². The monoisotopic (exact) mass is 436 g/mol. The van der Waals surface area contributed by atoms with E-state index < -0.39 is 5.97 Å². The van der Waals surface area contributed by atoms with Gasteiger partial charge in [-0.15, -0.1) is 5.92 Å². The smallest absolute Gasteiger partial charge is 0.305 e. The highest BCUT2D eigenvalue weighted by atomic mass is 16.5. The van der Waals surface area contributed by atoms with E-state index in [2.05, 4.69) is 18.8 Å². The van der Waals surface area contributed by atoms with Crippen molar-refractivity contribution in [1.82, 2.24) is 0 Å².